The molecular formula is C15H15NOS. The van der Waals surface area contributed by atoms with Crippen LogP contribution in [0.5, 0.6) is 0 Å². The van der Waals surface area contributed by atoms with Crippen molar-refractivity contribution in [3.8, 4) is 0 Å². The third-order valence-electron chi connectivity index (χ3n) is 2.80. The number of thiol groups is 1. The lowest BCUT2D eigenvalue weighted by Crippen LogP contribution is -2.26. The van der Waals surface area contributed by atoms with Gasteiger partial charge in [0.2, 0.25) is 0 Å². The summed E-state index contributed by atoms with van der Waals surface area (Å²) in [5, 5.41) is 2.97. The Balaban J connectivity index is 2.11. The van der Waals surface area contributed by atoms with E-state index in [9.17, 15) is 4.79 Å². The van der Waals surface area contributed by atoms with Crippen LogP contribution in [0.15, 0.2) is 59.5 Å². The molecule has 2 nitrogen and oxygen atoms in total. The van der Waals surface area contributed by atoms with E-state index >= 15 is 0 Å². The van der Waals surface area contributed by atoms with Crippen LogP contribution in [0.25, 0.3) is 0 Å². The van der Waals surface area contributed by atoms with Crippen LogP contribution >= 0.6 is 12.6 Å². The summed E-state index contributed by atoms with van der Waals surface area (Å²) < 4.78 is 0. The molecule has 2 aromatic rings. The summed E-state index contributed by atoms with van der Waals surface area (Å²) in [6.07, 6.45) is 0. The van der Waals surface area contributed by atoms with Crippen molar-refractivity contribution in [2.75, 3.05) is 0 Å². The summed E-state index contributed by atoms with van der Waals surface area (Å²) in [5.74, 6) is -0.100. The second-order valence-corrected chi connectivity index (χ2v) is 4.60. The van der Waals surface area contributed by atoms with Crippen LogP contribution < -0.4 is 5.32 Å². The highest BCUT2D eigenvalue weighted by atomic mass is 32.1. The summed E-state index contributed by atoms with van der Waals surface area (Å²) in [7, 11) is 0. The summed E-state index contributed by atoms with van der Waals surface area (Å²) in [5.41, 5.74) is 1.69. The second-order valence-electron chi connectivity index (χ2n) is 4.12. The van der Waals surface area contributed by atoms with E-state index in [-0.39, 0.29) is 11.9 Å². The Morgan fingerprint density at radius 2 is 1.67 bits per heavy atom. The number of hydrogen-bond donors (Lipinski definition) is 2. The van der Waals surface area contributed by atoms with Crippen molar-refractivity contribution in [2.45, 2.75) is 17.9 Å². The van der Waals surface area contributed by atoms with Gasteiger partial charge in [-0.1, -0.05) is 42.5 Å². The molecule has 0 aliphatic rings. The van der Waals surface area contributed by atoms with E-state index in [2.05, 4.69) is 17.9 Å². The van der Waals surface area contributed by atoms with Gasteiger partial charge in [-0.15, -0.1) is 12.6 Å². The lowest BCUT2D eigenvalue weighted by molar-refractivity contribution is 0.0937. The van der Waals surface area contributed by atoms with Gasteiger partial charge in [-0.3, -0.25) is 4.79 Å². The van der Waals surface area contributed by atoms with Crippen LogP contribution in [0.4, 0.5) is 0 Å². The van der Waals surface area contributed by atoms with Crippen molar-refractivity contribution in [2.24, 2.45) is 0 Å². The SMILES string of the molecule is CC(NC(=O)c1ccccc1S)c1ccccc1. The Morgan fingerprint density at radius 3 is 2.33 bits per heavy atom. The largest absolute Gasteiger partial charge is 0.345 e. The molecule has 2 rings (SSSR count). The molecule has 1 unspecified atom stereocenters. The standard InChI is InChI=1S/C15H15NOS/c1-11(12-7-3-2-4-8-12)16-15(17)13-9-5-6-10-14(13)18/h2-11,18H,1H3,(H,16,17). The van der Waals surface area contributed by atoms with Gasteiger partial charge in [-0.05, 0) is 24.6 Å². The molecule has 18 heavy (non-hydrogen) atoms. The predicted octanol–water partition coefficient (Wildman–Crippen LogP) is 3.47. The van der Waals surface area contributed by atoms with Crippen LogP contribution in [0, 0.1) is 0 Å². The number of nitrogens with one attached hydrogen (secondary N) is 1. The van der Waals surface area contributed by atoms with E-state index in [1.54, 1.807) is 6.07 Å². The zero-order valence-corrected chi connectivity index (χ0v) is 11.0. The average Bonchev–Trinajstić information content (AvgIpc) is 2.40. The quantitative estimate of drug-likeness (QED) is 0.810. The van der Waals surface area contributed by atoms with E-state index in [1.807, 2.05) is 55.5 Å². The Hall–Kier alpha value is -1.74. The lowest BCUT2D eigenvalue weighted by atomic mass is 10.1. The Bertz CT molecular complexity index is 539. The average molecular weight is 257 g/mol. The highest BCUT2D eigenvalue weighted by molar-refractivity contribution is 7.80. The van der Waals surface area contributed by atoms with E-state index in [4.69, 9.17) is 0 Å². The molecule has 0 saturated carbocycles. The molecule has 3 heteroatoms. The maximum Gasteiger partial charge on any atom is 0.252 e. The fourth-order valence-corrected chi connectivity index (χ4v) is 2.03. The fourth-order valence-electron chi connectivity index (χ4n) is 1.77. The molecule has 0 aliphatic heterocycles. The minimum atomic E-state index is -0.100. The summed E-state index contributed by atoms with van der Waals surface area (Å²) in [6.45, 7) is 1.97. The van der Waals surface area contributed by atoms with Gasteiger partial charge in [-0.25, -0.2) is 0 Å². The molecule has 0 aromatic heterocycles. The van der Waals surface area contributed by atoms with Gasteiger partial charge >= 0.3 is 0 Å². The van der Waals surface area contributed by atoms with Crippen molar-refractivity contribution >= 4 is 18.5 Å². The van der Waals surface area contributed by atoms with Crippen molar-refractivity contribution in [1.82, 2.24) is 5.32 Å². The number of hydrogen-bond acceptors (Lipinski definition) is 2. The highest BCUT2D eigenvalue weighted by Crippen LogP contribution is 2.16. The topological polar surface area (TPSA) is 29.1 Å². The van der Waals surface area contributed by atoms with Crippen LogP contribution in [0.2, 0.25) is 0 Å². The Morgan fingerprint density at radius 1 is 1.06 bits per heavy atom. The van der Waals surface area contributed by atoms with Gasteiger partial charge < -0.3 is 5.32 Å². The monoisotopic (exact) mass is 257 g/mol. The third-order valence-corrected chi connectivity index (χ3v) is 3.19. The predicted molar refractivity (Wildman–Crippen MR) is 76.0 cm³/mol. The van der Waals surface area contributed by atoms with Crippen molar-refractivity contribution in [3.05, 3.63) is 65.7 Å². The molecule has 92 valence electrons. The summed E-state index contributed by atoms with van der Waals surface area (Å²) in [6, 6.07) is 17.1. The van der Waals surface area contributed by atoms with Gasteiger partial charge in [-0.2, -0.15) is 0 Å². The maximum absolute atomic E-state index is 12.1. The number of benzene rings is 2. The number of carbonyl (C=O) groups excluding carboxylic acids is 1. The van der Waals surface area contributed by atoms with Crippen molar-refractivity contribution in [3.63, 3.8) is 0 Å². The van der Waals surface area contributed by atoms with Crippen LogP contribution in [0.3, 0.4) is 0 Å². The summed E-state index contributed by atoms with van der Waals surface area (Å²) >= 11 is 4.29. The van der Waals surface area contributed by atoms with E-state index in [0.29, 0.717) is 10.5 Å². The molecule has 2 aromatic carbocycles. The number of amides is 1. The van der Waals surface area contributed by atoms with E-state index in [0.717, 1.165) is 5.56 Å². The number of carbonyl (C=O) groups is 1. The molecule has 1 atom stereocenters. The van der Waals surface area contributed by atoms with Crippen molar-refractivity contribution in [1.29, 1.82) is 0 Å². The fraction of sp³-hybridized carbons (Fsp3) is 0.133. The Kier molecular flexibility index (Phi) is 4.05. The van der Waals surface area contributed by atoms with E-state index in [1.165, 1.54) is 0 Å². The van der Waals surface area contributed by atoms with Gasteiger partial charge in [0.15, 0.2) is 0 Å². The lowest BCUT2D eigenvalue weighted by Gasteiger charge is -2.15. The smallest absolute Gasteiger partial charge is 0.252 e. The highest BCUT2D eigenvalue weighted by Gasteiger charge is 2.12. The maximum atomic E-state index is 12.1. The van der Waals surface area contributed by atoms with Crippen LogP contribution in [-0.2, 0) is 0 Å². The minimum absolute atomic E-state index is 0.0216. The second kappa shape index (κ2) is 5.74. The first-order valence-corrected chi connectivity index (χ1v) is 6.27. The molecule has 0 bridgehead atoms. The molecule has 1 N–H and O–H groups in total. The first-order chi connectivity index (χ1) is 8.68. The van der Waals surface area contributed by atoms with Gasteiger partial charge in [0, 0.05) is 4.90 Å². The molecule has 0 saturated heterocycles. The minimum Gasteiger partial charge on any atom is -0.345 e. The molecule has 0 fully saturated rings. The van der Waals surface area contributed by atoms with Gasteiger partial charge in [0.25, 0.3) is 5.91 Å². The van der Waals surface area contributed by atoms with Crippen LogP contribution in [0.1, 0.15) is 28.9 Å². The first-order valence-electron chi connectivity index (χ1n) is 5.82. The molecule has 0 radical (unpaired) electrons. The van der Waals surface area contributed by atoms with Crippen LogP contribution in [-0.4, -0.2) is 5.91 Å². The molecule has 0 heterocycles. The van der Waals surface area contributed by atoms with E-state index < -0.39 is 0 Å². The first kappa shape index (κ1) is 12.7. The molecular weight excluding hydrogens is 242 g/mol. The third kappa shape index (κ3) is 2.93. The molecule has 1 amide bonds. The molecule has 0 spiro atoms. The summed E-state index contributed by atoms with van der Waals surface area (Å²) in [4.78, 5) is 12.8. The zero-order chi connectivity index (χ0) is 13.0. The number of rotatable bonds is 3. The normalized spacial score (nSPS) is 11.9. The van der Waals surface area contributed by atoms with Crippen molar-refractivity contribution < 1.29 is 4.79 Å². The molecule has 0 aliphatic carbocycles. The van der Waals surface area contributed by atoms with Gasteiger partial charge in [0.1, 0.15) is 0 Å². The zero-order valence-electron chi connectivity index (χ0n) is 10.1. The van der Waals surface area contributed by atoms with Gasteiger partial charge in [0.05, 0.1) is 11.6 Å². The Labute approximate surface area is 112 Å².